The fourth-order valence-corrected chi connectivity index (χ4v) is 3.03. The van der Waals surface area contributed by atoms with Crippen LogP contribution in [0.4, 0.5) is 0 Å². The topological polar surface area (TPSA) is 58.6 Å². The molecular weight excluding hydrogens is 314 g/mol. The van der Waals surface area contributed by atoms with Crippen molar-refractivity contribution in [1.29, 1.82) is 0 Å². The molecule has 0 aliphatic heterocycles. The van der Waals surface area contributed by atoms with Crippen LogP contribution in [0.5, 0.6) is 0 Å². The predicted octanol–water partition coefficient (Wildman–Crippen LogP) is 4.76. The lowest BCUT2D eigenvalue weighted by atomic mass is 10.0. The Kier molecular flexibility index (Phi) is 17.3. The number of amides is 1. The maximum absolute atomic E-state index is 11.1. The number of hydrogen-bond acceptors (Lipinski definition) is 3. The molecule has 0 unspecified atom stereocenters. The fraction of sp³-hybridized carbons (Fsp3) is 0.857. The number of rotatable bonds is 17. The van der Waals surface area contributed by atoms with Crippen LogP contribution in [-0.4, -0.2) is 36.9 Å². The Balaban J connectivity index is 3.61. The molecule has 0 aliphatic carbocycles. The molecular formula is C21H41NO3. The number of ether oxygens (including phenoxy) is 1. The van der Waals surface area contributed by atoms with E-state index in [-0.39, 0.29) is 24.7 Å². The average molecular weight is 356 g/mol. The summed E-state index contributed by atoms with van der Waals surface area (Å²) in [5.74, 6) is -0.153. The van der Waals surface area contributed by atoms with Gasteiger partial charge in [-0.25, -0.2) is 0 Å². The highest BCUT2D eigenvalue weighted by Gasteiger charge is 2.18. The van der Waals surface area contributed by atoms with Crippen molar-refractivity contribution in [3.63, 3.8) is 0 Å². The van der Waals surface area contributed by atoms with Gasteiger partial charge in [-0.15, -0.1) is 0 Å². The molecule has 0 saturated carbocycles. The summed E-state index contributed by atoms with van der Waals surface area (Å²) in [6.07, 6.45) is 19.6. The van der Waals surface area contributed by atoms with Gasteiger partial charge in [0.1, 0.15) is 0 Å². The molecule has 25 heavy (non-hydrogen) atoms. The summed E-state index contributed by atoms with van der Waals surface area (Å²) in [6.45, 7) is 3.59. The summed E-state index contributed by atoms with van der Waals surface area (Å²) in [7, 11) is 1.60. The third kappa shape index (κ3) is 15.1. The molecule has 0 fully saturated rings. The largest absolute Gasteiger partial charge is 0.394 e. The standard InChI is InChI=1S/C21H41NO3/c1-4-5-6-7-8-9-10-11-12-13-14-15-16-17-21(25-3)20(18-23)22-19(2)24/h16-17,20-21,23H,4-15,18H2,1-3H3,(H,22,24)/b17-16+/t20-,21-/m0/s1. The van der Waals surface area contributed by atoms with E-state index in [1.165, 1.54) is 77.6 Å². The monoisotopic (exact) mass is 355 g/mol. The van der Waals surface area contributed by atoms with Crippen LogP contribution >= 0.6 is 0 Å². The summed E-state index contributed by atoms with van der Waals surface area (Å²) in [4.78, 5) is 11.1. The lowest BCUT2D eigenvalue weighted by Gasteiger charge is -2.22. The molecule has 0 bridgehead atoms. The van der Waals surface area contributed by atoms with Crippen molar-refractivity contribution in [1.82, 2.24) is 5.32 Å². The molecule has 0 radical (unpaired) electrons. The Hall–Kier alpha value is -0.870. The lowest BCUT2D eigenvalue weighted by molar-refractivity contribution is -0.120. The van der Waals surface area contributed by atoms with Crippen LogP contribution < -0.4 is 5.32 Å². The van der Waals surface area contributed by atoms with Crippen molar-refractivity contribution in [3.05, 3.63) is 12.2 Å². The summed E-state index contributed by atoms with van der Waals surface area (Å²) in [5, 5.41) is 12.1. The van der Waals surface area contributed by atoms with Gasteiger partial charge in [0, 0.05) is 14.0 Å². The molecule has 1 amide bonds. The van der Waals surface area contributed by atoms with E-state index in [1.54, 1.807) is 7.11 Å². The molecule has 0 heterocycles. The summed E-state index contributed by atoms with van der Waals surface area (Å²) in [5.41, 5.74) is 0. The van der Waals surface area contributed by atoms with Crippen molar-refractivity contribution in [3.8, 4) is 0 Å². The van der Waals surface area contributed by atoms with E-state index < -0.39 is 0 Å². The number of hydrogen-bond donors (Lipinski definition) is 2. The van der Waals surface area contributed by atoms with Gasteiger partial charge >= 0.3 is 0 Å². The Morgan fingerprint density at radius 3 is 1.96 bits per heavy atom. The number of carbonyl (C=O) groups is 1. The molecule has 0 aliphatic rings. The highest BCUT2D eigenvalue weighted by molar-refractivity contribution is 5.73. The number of allylic oxidation sites excluding steroid dienone is 1. The van der Waals surface area contributed by atoms with Crippen LogP contribution in [0, 0.1) is 0 Å². The zero-order valence-corrected chi connectivity index (χ0v) is 16.8. The number of nitrogens with one attached hydrogen (secondary N) is 1. The first-order valence-electron chi connectivity index (χ1n) is 10.2. The van der Waals surface area contributed by atoms with E-state index in [9.17, 15) is 9.90 Å². The highest BCUT2D eigenvalue weighted by Crippen LogP contribution is 2.12. The molecule has 2 atom stereocenters. The van der Waals surface area contributed by atoms with E-state index in [0.29, 0.717) is 0 Å². The van der Waals surface area contributed by atoms with Crippen LogP contribution in [0.15, 0.2) is 12.2 Å². The van der Waals surface area contributed by atoms with Gasteiger partial charge in [0.2, 0.25) is 5.91 Å². The predicted molar refractivity (Wildman–Crippen MR) is 106 cm³/mol. The maximum Gasteiger partial charge on any atom is 0.217 e. The SMILES string of the molecule is CCCCCCCCCCCCC/C=C/[C@H](OC)[C@H](CO)NC(C)=O. The number of aliphatic hydroxyl groups excluding tert-OH is 1. The minimum absolute atomic E-state index is 0.124. The van der Waals surface area contributed by atoms with E-state index in [0.717, 1.165) is 6.42 Å². The minimum Gasteiger partial charge on any atom is -0.394 e. The zero-order valence-electron chi connectivity index (χ0n) is 16.8. The Labute approximate surface area is 155 Å². The second kappa shape index (κ2) is 17.9. The molecule has 4 nitrogen and oxygen atoms in total. The quantitative estimate of drug-likeness (QED) is 0.292. The minimum atomic E-state index is -0.379. The Bertz CT molecular complexity index is 331. The maximum atomic E-state index is 11.1. The van der Waals surface area contributed by atoms with Gasteiger partial charge in [-0.05, 0) is 12.8 Å². The number of aliphatic hydroxyl groups is 1. The van der Waals surface area contributed by atoms with E-state index in [1.807, 2.05) is 6.08 Å². The van der Waals surface area contributed by atoms with Crippen molar-refractivity contribution < 1.29 is 14.6 Å². The van der Waals surface area contributed by atoms with E-state index in [4.69, 9.17) is 4.74 Å². The number of carbonyl (C=O) groups excluding carboxylic acids is 1. The zero-order chi connectivity index (χ0) is 18.8. The first-order valence-corrected chi connectivity index (χ1v) is 10.2. The Morgan fingerprint density at radius 2 is 1.52 bits per heavy atom. The van der Waals surface area contributed by atoms with Gasteiger partial charge in [0.05, 0.1) is 18.8 Å². The summed E-state index contributed by atoms with van der Waals surface area (Å²) in [6, 6.07) is -0.379. The molecule has 0 aromatic rings. The first kappa shape index (κ1) is 24.1. The third-order valence-electron chi connectivity index (χ3n) is 4.55. The van der Waals surface area contributed by atoms with Gasteiger partial charge in [0.15, 0.2) is 0 Å². The Morgan fingerprint density at radius 1 is 1.00 bits per heavy atom. The summed E-state index contributed by atoms with van der Waals surface area (Å²) < 4.78 is 5.35. The van der Waals surface area contributed by atoms with Crippen molar-refractivity contribution in [2.75, 3.05) is 13.7 Å². The second-order valence-electron chi connectivity index (χ2n) is 6.94. The average Bonchev–Trinajstić information content (AvgIpc) is 2.60. The lowest BCUT2D eigenvalue weighted by Crippen LogP contribution is -2.45. The van der Waals surface area contributed by atoms with Crippen LogP contribution in [0.1, 0.15) is 90.9 Å². The van der Waals surface area contributed by atoms with Gasteiger partial charge in [-0.1, -0.05) is 83.3 Å². The third-order valence-corrected chi connectivity index (χ3v) is 4.55. The highest BCUT2D eigenvalue weighted by atomic mass is 16.5. The smallest absolute Gasteiger partial charge is 0.217 e. The van der Waals surface area contributed by atoms with Crippen LogP contribution in [0.3, 0.4) is 0 Å². The molecule has 4 heteroatoms. The van der Waals surface area contributed by atoms with Gasteiger partial charge in [0.25, 0.3) is 0 Å². The van der Waals surface area contributed by atoms with Crippen molar-refractivity contribution in [2.45, 2.75) is 103 Å². The molecule has 0 saturated heterocycles. The fourth-order valence-electron chi connectivity index (χ4n) is 3.03. The van der Waals surface area contributed by atoms with Crippen LogP contribution in [0.25, 0.3) is 0 Å². The molecule has 0 aromatic heterocycles. The molecule has 0 spiro atoms. The van der Waals surface area contributed by atoms with E-state index >= 15 is 0 Å². The number of unbranched alkanes of at least 4 members (excludes halogenated alkanes) is 11. The summed E-state index contributed by atoms with van der Waals surface area (Å²) >= 11 is 0. The number of methoxy groups -OCH3 is 1. The van der Waals surface area contributed by atoms with Crippen LogP contribution in [0.2, 0.25) is 0 Å². The van der Waals surface area contributed by atoms with Gasteiger partial charge in [-0.2, -0.15) is 0 Å². The van der Waals surface area contributed by atoms with Gasteiger partial charge < -0.3 is 15.2 Å². The first-order chi connectivity index (χ1) is 12.2. The normalized spacial score (nSPS) is 13.9. The van der Waals surface area contributed by atoms with Crippen LogP contribution in [-0.2, 0) is 9.53 Å². The van der Waals surface area contributed by atoms with Crippen molar-refractivity contribution in [2.24, 2.45) is 0 Å². The molecule has 0 aromatic carbocycles. The van der Waals surface area contributed by atoms with Crippen molar-refractivity contribution >= 4 is 5.91 Å². The van der Waals surface area contributed by atoms with E-state index in [2.05, 4.69) is 18.3 Å². The molecule has 2 N–H and O–H groups in total. The second-order valence-corrected chi connectivity index (χ2v) is 6.94. The molecule has 148 valence electrons. The van der Waals surface area contributed by atoms with Gasteiger partial charge in [-0.3, -0.25) is 4.79 Å². The molecule has 0 rings (SSSR count).